The molecule has 0 spiro atoms. The Morgan fingerprint density at radius 2 is 2.09 bits per heavy atom. The predicted octanol–water partition coefficient (Wildman–Crippen LogP) is 2.41. The molecule has 2 atom stereocenters. The van der Waals surface area contributed by atoms with Crippen molar-refractivity contribution < 1.29 is 9.90 Å². The van der Waals surface area contributed by atoms with Gasteiger partial charge in [0.25, 0.3) is 0 Å². The quantitative estimate of drug-likeness (QED) is 0.942. The summed E-state index contributed by atoms with van der Waals surface area (Å²) < 4.78 is 1.86. The fraction of sp³-hybridized carbons (Fsp3) is 0.412. The van der Waals surface area contributed by atoms with Crippen LogP contribution in [0.15, 0.2) is 42.7 Å². The molecule has 2 heterocycles. The molecule has 0 aliphatic carbocycles. The molecule has 1 aromatic carbocycles. The van der Waals surface area contributed by atoms with E-state index in [0.29, 0.717) is 12.5 Å². The summed E-state index contributed by atoms with van der Waals surface area (Å²) in [6.07, 6.45) is 4.65. The maximum absolute atomic E-state index is 11.2. The minimum absolute atomic E-state index is 0.257. The Labute approximate surface area is 130 Å². The second-order valence-electron chi connectivity index (χ2n) is 6.20. The van der Waals surface area contributed by atoms with E-state index in [4.69, 9.17) is 0 Å². The number of carboxylic acids is 1. The van der Waals surface area contributed by atoms with E-state index in [0.717, 1.165) is 30.8 Å². The van der Waals surface area contributed by atoms with Crippen LogP contribution >= 0.6 is 0 Å². The summed E-state index contributed by atoms with van der Waals surface area (Å²) in [5.74, 6) is -0.525. The monoisotopic (exact) mass is 299 g/mol. The van der Waals surface area contributed by atoms with Crippen LogP contribution in [0.25, 0.3) is 5.69 Å². The smallest absolute Gasteiger partial charge is 0.307 e. The number of aromatic nitrogens is 2. The molecule has 3 rings (SSSR count). The van der Waals surface area contributed by atoms with Gasteiger partial charge in [0.05, 0.1) is 17.8 Å². The molecule has 0 bridgehead atoms. The molecular weight excluding hydrogens is 278 g/mol. The maximum atomic E-state index is 11.2. The van der Waals surface area contributed by atoms with Gasteiger partial charge in [-0.2, -0.15) is 5.10 Å². The van der Waals surface area contributed by atoms with Gasteiger partial charge in [-0.15, -0.1) is 0 Å². The van der Waals surface area contributed by atoms with Crippen molar-refractivity contribution in [3.8, 4) is 5.69 Å². The van der Waals surface area contributed by atoms with E-state index in [-0.39, 0.29) is 5.92 Å². The van der Waals surface area contributed by atoms with Gasteiger partial charge in [0.1, 0.15) is 0 Å². The zero-order chi connectivity index (χ0) is 15.5. The zero-order valence-electron chi connectivity index (χ0n) is 12.7. The number of rotatable bonds is 4. The Balaban J connectivity index is 1.68. The van der Waals surface area contributed by atoms with Crippen LogP contribution in [0.2, 0.25) is 0 Å². The van der Waals surface area contributed by atoms with Gasteiger partial charge in [-0.3, -0.25) is 9.69 Å². The molecule has 1 aromatic heterocycles. The molecular formula is C17H21N3O2. The van der Waals surface area contributed by atoms with Crippen molar-refractivity contribution in [1.82, 2.24) is 14.7 Å². The summed E-state index contributed by atoms with van der Waals surface area (Å²) in [6, 6.07) is 9.98. The first kappa shape index (κ1) is 14.8. The molecule has 2 unspecified atom stereocenters. The second kappa shape index (κ2) is 6.32. The Morgan fingerprint density at radius 3 is 2.82 bits per heavy atom. The molecule has 1 aliphatic heterocycles. The van der Waals surface area contributed by atoms with Crippen molar-refractivity contribution in [2.45, 2.75) is 19.9 Å². The Hall–Kier alpha value is -2.14. The van der Waals surface area contributed by atoms with Crippen molar-refractivity contribution in [3.63, 3.8) is 0 Å². The Bertz CT molecular complexity index is 638. The normalized spacial score (nSPS) is 22.6. The Morgan fingerprint density at radius 1 is 1.32 bits per heavy atom. The van der Waals surface area contributed by atoms with E-state index in [2.05, 4.69) is 16.9 Å². The average molecular weight is 299 g/mol. The Kier molecular flexibility index (Phi) is 4.24. The highest BCUT2D eigenvalue weighted by atomic mass is 16.4. The molecule has 5 heteroatoms. The van der Waals surface area contributed by atoms with Crippen LogP contribution < -0.4 is 0 Å². The van der Waals surface area contributed by atoms with Gasteiger partial charge in [-0.25, -0.2) is 4.68 Å². The summed E-state index contributed by atoms with van der Waals surface area (Å²) in [5, 5.41) is 13.6. The van der Waals surface area contributed by atoms with Crippen LogP contribution in [0.4, 0.5) is 0 Å². The van der Waals surface area contributed by atoms with Crippen molar-refractivity contribution in [3.05, 3.63) is 48.3 Å². The molecule has 1 fully saturated rings. The highest BCUT2D eigenvalue weighted by Crippen LogP contribution is 2.23. The fourth-order valence-electron chi connectivity index (χ4n) is 3.19. The first-order chi connectivity index (χ1) is 10.6. The number of likely N-dealkylation sites (tertiary alicyclic amines) is 1. The number of piperidine rings is 1. The summed E-state index contributed by atoms with van der Waals surface area (Å²) in [7, 11) is 0. The highest BCUT2D eigenvalue weighted by Gasteiger charge is 2.29. The topological polar surface area (TPSA) is 58.4 Å². The summed E-state index contributed by atoms with van der Waals surface area (Å²) >= 11 is 0. The third kappa shape index (κ3) is 3.36. The lowest BCUT2D eigenvalue weighted by atomic mass is 9.90. The predicted molar refractivity (Wildman–Crippen MR) is 83.7 cm³/mol. The van der Waals surface area contributed by atoms with Crippen LogP contribution in [0.5, 0.6) is 0 Å². The van der Waals surface area contributed by atoms with E-state index in [1.54, 1.807) is 0 Å². The van der Waals surface area contributed by atoms with Gasteiger partial charge in [0, 0.05) is 31.4 Å². The van der Waals surface area contributed by atoms with Crippen molar-refractivity contribution >= 4 is 5.97 Å². The standard InChI is InChI=1S/C17H21N3O2/c1-13-7-15(17(21)22)12-19(9-13)10-14-8-18-20(11-14)16-5-3-2-4-6-16/h2-6,8,11,13,15H,7,9-10,12H2,1H3,(H,21,22). The van der Waals surface area contributed by atoms with E-state index >= 15 is 0 Å². The molecule has 1 aliphatic rings. The molecule has 0 amide bonds. The lowest BCUT2D eigenvalue weighted by Crippen LogP contribution is -2.41. The van der Waals surface area contributed by atoms with Crippen molar-refractivity contribution in [2.24, 2.45) is 11.8 Å². The SMILES string of the molecule is CC1CC(C(=O)O)CN(Cc2cnn(-c3ccccc3)c2)C1. The lowest BCUT2D eigenvalue weighted by molar-refractivity contribution is -0.144. The van der Waals surface area contributed by atoms with E-state index in [1.807, 2.05) is 47.4 Å². The van der Waals surface area contributed by atoms with Crippen molar-refractivity contribution in [2.75, 3.05) is 13.1 Å². The van der Waals surface area contributed by atoms with Gasteiger partial charge in [-0.1, -0.05) is 25.1 Å². The summed E-state index contributed by atoms with van der Waals surface area (Å²) in [5.41, 5.74) is 2.14. The minimum Gasteiger partial charge on any atom is -0.481 e. The molecule has 5 nitrogen and oxygen atoms in total. The molecule has 0 saturated carbocycles. The summed E-state index contributed by atoms with van der Waals surface area (Å²) in [4.78, 5) is 13.5. The zero-order valence-corrected chi connectivity index (χ0v) is 12.7. The number of carboxylic acid groups (broad SMARTS) is 1. The third-order valence-electron chi connectivity index (χ3n) is 4.15. The van der Waals surface area contributed by atoms with Crippen LogP contribution in [0.1, 0.15) is 18.9 Å². The van der Waals surface area contributed by atoms with Gasteiger partial charge in [-0.05, 0) is 24.5 Å². The van der Waals surface area contributed by atoms with E-state index in [1.165, 1.54) is 0 Å². The van der Waals surface area contributed by atoms with Gasteiger partial charge in [0.2, 0.25) is 0 Å². The fourth-order valence-corrected chi connectivity index (χ4v) is 3.19. The molecule has 2 aromatic rings. The van der Waals surface area contributed by atoms with Crippen LogP contribution in [-0.4, -0.2) is 38.8 Å². The summed E-state index contributed by atoms with van der Waals surface area (Å²) in [6.45, 7) is 4.44. The third-order valence-corrected chi connectivity index (χ3v) is 4.15. The minimum atomic E-state index is -0.684. The number of carbonyl (C=O) groups is 1. The number of hydrogen-bond donors (Lipinski definition) is 1. The first-order valence-corrected chi connectivity index (χ1v) is 7.66. The molecule has 116 valence electrons. The second-order valence-corrected chi connectivity index (χ2v) is 6.20. The number of nitrogens with zero attached hydrogens (tertiary/aromatic N) is 3. The van der Waals surface area contributed by atoms with Crippen molar-refractivity contribution in [1.29, 1.82) is 0 Å². The van der Waals surface area contributed by atoms with Crippen LogP contribution in [-0.2, 0) is 11.3 Å². The average Bonchev–Trinajstić information content (AvgIpc) is 2.96. The number of benzene rings is 1. The lowest BCUT2D eigenvalue weighted by Gasteiger charge is -2.34. The molecule has 22 heavy (non-hydrogen) atoms. The van der Waals surface area contributed by atoms with Crippen LogP contribution in [0.3, 0.4) is 0 Å². The van der Waals surface area contributed by atoms with Gasteiger partial charge < -0.3 is 5.11 Å². The van der Waals surface area contributed by atoms with E-state index in [9.17, 15) is 9.90 Å². The maximum Gasteiger partial charge on any atom is 0.307 e. The van der Waals surface area contributed by atoms with Crippen LogP contribution in [0, 0.1) is 11.8 Å². The molecule has 0 radical (unpaired) electrons. The van der Waals surface area contributed by atoms with Gasteiger partial charge >= 0.3 is 5.97 Å². The molecule has 1 saturated heterocycles. The number of hydrogen-bond acceptors (Lipinski definition) is 3. The largest absolute Gasteiger partial charge is 0.481 e. The molecule has 1 N–H and O–H groups in total. The number of aliphatic carboxylic acids is 1. The first-order valence-electron chi connectivity index (χ1n) is 7.66. The highest BCUT2D eigenvalue weighted by molar-refractivity contribution is 5.70. The number of para-hydroxylation sites is 1. The van der Waals surface area contributed by atoms with Gasteiger partial charge in [0.15, 0.2) is 0 Å². The van der Waals surface area contributed by atoms with E-state index < -0.39 is 5.97 Å².